The Kier molecular flexibility index (Phi) is 7.36. The monoisotopic (exact) mass is 306 g/mol. The number of hydrogen-bond acceptors (Lipinski definition) is 2. The second kappa shape index (κ2) is 9.05. The molecular weight excluding hydrogens is 289 g/mol. The van der Waals surface area contributed by atoms with Gasteiger partial charge in [0.25, 0.3) is 0 Å². The molecular formula is C16H17FNO2S-. The Hall–Kier alpha value is -1.98. The number of halogens is 1. The van der Waals surface area contributed by atoms with E-state index in [1.54, 1.807) is 19.1 Å². The summed E-state index contributed by atoms with van der Waals surface area (Å²) in [5.41, 5.74) is 2.81. The van der Waals surface area contributed by atoms with Crippen molar-refractivity contribution in [3.63, 3.8) is 0 Å². The van der Waals surface area contributed by atoms with Crippen molar-refractivity contribution < 1.29 is 13.2 Å². The molecule has 0 aliphatic carbocycles. The Labute approximate surface area is 126 Å². The van der Waals surface area contributed by atoms with Gasteiger partial charge in [0.2, 0.25) is 0 Å². The van der Waals surface area contributed by atoms with Crippen LogP contribution in [-0.2, 0) is 11.3 Å². The van der Waals surface area contributed by atoms with Crippen molar-refractivity contribution in [2.45, 2.75) is 13.8 Å². The number of nitrogens with one attached hydrogen (secondary N) is 1. The molecule has 0 heterocycles. The predicted octanol–water partition coefficient (Wildman–Crippen LogP) is 3.57. The first-order valence-electron chi connectivity index (χ1n) is 6.29. The van der Waals surface area contributed by atoms with Gasteiger partial charge < -0.3 is 9.27 Å². The third-order valence-corrected chi connectivity index (χ3v) is 2.92. The van der Waals surface area contributed by atoms with Crippen molar-refractivity contribution in [3.05, 3.63) is 77.7 Å². The second-order valence-electron chi connectivity index (χ2n) is 4.34. The highest BCUT2D eigenvalue weighted by atomic mass is 32.2. The fraction of sp³-hybridized carbons (Fsp3) is 0.125. The van der Waals surface area contributed by atoms with Gasteiger partial charge in [0.05, 0.1) is 0 Å². The number of hydrogen-bond donors (Lipinski definition) is 1. The van der Waals surface area contributed by atoms with E-state index in [2.05, 4.69) is 23.8 Å². The molecule has 0 aliphatic rings. The SMILES string of the molecule is CC(=CNS(=O)[O-])c1ccc(F)cc1.Cc1ccccc1. The van der Waals surface area contributed by atoms with Gasteiger partial charge in [0, 0.05) is 17.5 Å². The van der Waals surface area contributed by atoms with E-state index in [1.807, 2.05) is 18.2 Å². The van der Waals surface area contributed by atoms with Crippen LogP contribution in [0.15, 0.2) is 60.8 Å². The molecule has 0 radical (unpaired) electrons. The lowest BCUT2D eigenvalue weighted by Crippen LogP contribution is -2.08. The Balaban J connectivity index is 0.000000262. The van der Waals surface area contributed by atoms with Crippen LogP contribution in [0.2, 0.25) is 0 Å². The van der Waals surface area contributed by atoms with Gasteiger partial charge in [0.1, 0.15) is 5.82 Å². The quantitative estimate of drug-likeness (QED) is 0.881. The van der Waals surface area contributed by atoms with Crippen LogP contribution in [0.25, 0.3) is 5.57 Å². The summed E-state index contributed by atoms with van der Waals surface area (Å²) in [6, 6.07) is 16.1. The van der Waals surface area contributed by atoms with Crippen LogP contribution >= 0.6 is 0 Å². The van der Waals surface area contributed by atoms with Crippen LogP contribution in [0.4, 0.5) is 4.39 Å². The van der Waals surface area contributed by atoms with E-state index in [0.717, 1.165) is 5.56 Å². The van der Waals surface area contributed by atoms with Crippen molar-refractivity contribution in [2.75, 3.05) is 0 Å². The van der Waals surface area contributed by atoms with Crippen LogP contribution in [-0.4, -0.2) is 8.76 Å². The summed E-state index contributed by atoms with van der Waals surface area (Å²) in [6.07, 6.45) is 1.34. The smallest absolute Gasteiger partial charge is 0.123 e. The third-order valence-electron chi connectivity index (χ3n) is 2.61. The number of aryl methyl sites for hydroxylation is 1. The lowest BCUT2D eigenvalue weighted by molar-refractivity contribution is 0.531. The highest BCUT2D eigenvalue weighted by Gasteiger charge is 1.95. The summed E-state index contributed by atoms with van der Waals surface area (Å²) in [7, 11) is 0. The van der Waals surface area contributed by atoms with E-state index in [9.17, 15) is 13.2 Å². The summed E-state index contributed by atoms with van der Waals surface area (Å²) in [5.74, 6) is -0.318. The summed E-state index contributed by atoms with van der Waals surface area (Å²) in [6.45, 7) is 3.81. The van der Waals surface area contributed by atoms with E-state index in [0.29, 0.717) is 5.57 Å². The maximum atomic E-state index is 12.5. The Bertz CT molecular complexity index is 597. The Morgan fingerprint density at radius 2 is 1.71 bits per heavy atom. The van der Waals surface area contributed by atoms with Gasteiger partial charge in [-0.25, -0.2) is 4.39 Å². The molecule has 112 valence electrons. The minimum Gasteiger partial charge on any atom is -0.755 e. The van der Waals surface area contributed by atoms with E-state index >= 15 is 0 Å². The van der Waals surface area contributed by atoms with Gasteiger partial charge in [-0.05, 0) is 37.1 Å². The lowest BCUT2D eigenvalue weighted by atomic mass is 10.1. The molecule has 2 rings (SSSR count). The molecule has 5 heteroatoms. The van der Waals surface area contributed by atoms with Crippen molar-refractivity contribution in [2.24, 2.45) is 0 Å². The zero-order valence-corrected chi connectivity index (χ0v) is 12.7. The number of benzene rings is 2. The van der Waals surface area contributed by atoms with Gasteiger partial charge in [0.15, 0.2) is 0 Å². The molecule has 2 aromatic carbocycles. The largest absolute Gasteiger partial charge is 0.755 e. The number of allylic oxidation sites excluding steroid dienone is 1. The van der Waals surface area contributed by atoms with Gasteiger partial charge in [-0.1, -0.05) is 48.0 Å². The third kappa shape index (κ3) is 7.39. The van der Waals surface area contributed by atoms with E-state index < -0.39 is 11.3 Å². The zero-order chi connectivity index (χ0) is 15.7. The molecule has 1 unspecified atom stereocenters. The minimum atomic E-state index is -2.31. The standard InChI is InChI=1S/C9H10FNO2S.C7H8/c1-7(6-11-14(12)13)8-2-4-9(10)5-3-8;1-7-5-3-2-4-6-7/h2-6,11H,1H3,(H,12,13);2-6H,1H3/p-1. The topological polar surface area (TPSA) is 52.2 Å². The van der Waals surface area contributed by atoms with Crippen molar-refractivity contribution in [1.82, 2.24) is 4.72 Å². The summed E-state index contributed by atoms with van der Waals surface area (Å²) >= 11 is -2.31. The molecule has 0 fully saturated rings. The molecule has 0 aliphatic heterocycles. The molecule has 0 amide bonds. The van der Waals surface area contributed by atoms with Gasteiger partial charge in [-0.15, -0.1) is 0 Å². The van der Waals surface area contributed by atoms with E-state index in [1.165, 1.54) is 23.9 Å². The Morgan fingerprint density at radius 1 is 1.14 bits per heavy atom. The molecule has 0 bridgehead atoms. The summed E-state index contributed by atoms with van der Waals surface area (Å²) in [5, 5.41) is 0. The van der Waals surface area contributed by atoms with Crippen LogP contribution in [0.3, 0.4) is 0 Å². The van der Waals surface area contributed by atoms with Crippen LogP contribution in [0, 0.1) is 12.7 Å². The Morgan fingerprint density at radius 3 is 2.14 bits per heavy atom. The fourth-order valence-electron chi connectivity index (χ4n) is 1.47. The average molecular weight is 306 g/mol. The molecule has 2 aromatic rings. The minimum absolute atomic E-state index is 0.318. The van der Waals surface area contributed by atoms with E-state index in [-0.39, 0.29) is 5.82 Å². The average Bonchev–Trinajstić information content (AvgIpc) is 2.47. The van der Waals surface area contributed by atoms with Gasteiger partial charge in [-0.3, -0.25) is 4.21 Å². The number of rotatable bonds is 3. The second-order valence-corrected chi connectivity index (χ2v) is 5.05. The lowest BCUT2D eigenvalue weighted by Gasteiger charge is -2.05. The predicted molar refractivity (Wildman–Crippen MR) is 83.3 cm³/mol. The van der Waals surface area contributed by atoms with E-state index in [4.69, 9.17) is 0 Å². The molecule has 1 atom stereocenters. The van der Waals surface area contributed by atoms with Crippen molar-refractivity contribution in [1.29, 1.82) is 0 Å². The molecule has 0 saturated heterocycles. The molecule has 0 spiro atoms. The molecule has 1 N–H and O–H groups in total. The van der Waals surface area contributed by atoms with Gasteiger partial charge in [-0.2, -0.15) is 0 Å². The zero-order valence-electron chi connectivity index (χ0n) is 11.9. The normalized spacial score (nSPS) is 12.1. The highest BCUT2D eigenvalue weighted by molar-refractivity contribution is 7.77. The molecule has 3 nitrogen and oxygen atoms in total. The van der Waals surface area contributed by atoms with Crippen molar-refractivity contribution >= 4 is 16.8 Å². The summed E-state index contributed by atoms with van der Waals surface area (Å²) in [4.78, 5) is 0. The summed E-state index contributed by atoms with van der Waals surface area (Å²) < 4.78 is 35.0. The maximum Gasteiger partial charge on any atom is 0.123 e. The molecule has 21 heavy (non-hydrogen) atoms. The molecule has 0 saturated carbocycles. The van der Waals surface area contributed by atoms with Gasteiger partial charge >= 0.3 is 0 Å². The molecule has 0 aromatic heterocycles. The first kappa shape index (κ1) is 17.1. The maximum absolute atomic E-state index is 12.5. The first-order chi connectivity index (χ1) is 9.99. The first-order valence-corrected chi connectivity index (χ1v) is 7.36. The van der Waals surface area contributed by atoms with Crippen LogP contribution in [0.1, 0.15) is 18.1 Å². The fourth-order valence-corrected chi connectivity index (χ4v) is 1.74. The van der Waals surface area contributed by atoms with Crippen LogP contribution in [0.5, 0.6) is 0 Å². The van der Waals surface area contributed by atoms with Crippen molar-refractivity contribution in [3.8, 4) is 0 Å². The highest BCUT2D eigenvalue weighted by Crippen LogP contribution is 2.12. The van der Waals surface area contributed by atoms with Crippen LogP contribution < -0.4 is 4.72 Å².